The van der Waals surface area contributed by atoms with Crippen LogP contribution < -0.4 is 10.2 Å². The number of anilines is 1. The first kappa shape index (κ1) is 17.6. The highest BCUT2D eigenvalue weighted by Crippen LogP contribution is 2.22. The molecule has 0 aromatic heterocycles. The number of benzene rings is 2. The first-order chi connectivity index (χ1) is 12.6. The van der Waals surface area contributed by atoms with Crippen molar-refractivity contribution in [2.45, 2.75) is 25.4 Å². The smallest absolute Gasteiger partial charge is 0.335 e. The molecule has 0 spiro atoms. The van der Waals surface area contributed by atoms with Gasteiger partial charge in [0.15, 0.2) is 0 Å². The Morgan fingerprint density at radius 2 is 2.04 bits per heavy atom. The molecule has 0 saturated carbocycles. The maximum absolute atomic E-state index is 12.8. The van der Waals surface area contributed by atoms with Crippen molar-refractivity contribution in [3.05, 3.63) is 65.2 Å². The molecule has 2 aromatic carbocycles. The number of piperidine rings is 1. The minimum Gasteiger partial charge on any atom is -0.478 e. The highest BCUT2D eigenvalue weighted by Gasteiger charge is 2.29. The Kier molecular flexibility index (Phi) is 5.30. The summed E-state index contributed by atoms with van der Waals surface area (Å²) in [6, 6.07) is 15.4. The molecule has 0 bridgehead atoms. The van der Waals surface area contributed by atoms with E-state index in [1.807, 2.05) is 6.07 Å². The zero-order valence-electron chi connectivity index (χ0n) is 14.2. The van der Waals surface area contributed by atoms with E-state index in [2.05, 4.69) is 11.4 Å². The monoisotopic (exact) mass is 349 g/mol. The minimum atomic E-state index is -0.965. The van der Waals surface area contributed by atoms with Gasteiger partial charge in [0, 0.05) is 18.8 Å². The number of nitrogens with zero attached hydrogens (tertiary/aromatic N) is 2. The molecule has 6 heteroatoms. The molecule has 1 unspecified atom stereocenters. The molecule has 2 aromatic rings. The maximum Gasteiger partial charge on any atom is 0.335 e. The van der Waals surface area contributed by atoms with Crippen molar-refractivity contribution in [1.82, 2.24) is 5.32 Å². The van der Waals surface area contributed by atoms with Crippen LogP contribution in [0, 0.1) is 11.3 Å². The highest BCUT2D eigenvalue weighted by molar-refractivity contribution is 5.98. The molecule has 0 radical (unpaired) electrons. The predicted octanol–water partition coefficient (Wildman–Crippen LogP) is 2.54. The highest BCUT2D eigenvalue weighted by atomic mass is 16.4. The summed E-state index contributed by atoms with van der Waals surface area (Å²) in [4.78, 5) is 25.6. The number of nitrogens with one attached hydrogen (secondary N) is 1. The Bertz CT molecular complexity index is 855. The van der Waals surface area contributed by atoms with E-state index in [1.54, 1.807) is 47.4 Å². The van der Waals surface area contributed by atoms with Crippen molar-refractivity contribution in [3.8, 4) is 6.07 Å². The van der Waals surface area contributed by atoms with Crippen LogP contribution in [0.25, 0.3) is 0 Å². The van der Waals surface area contributed by atoms with Gasteiger partial charge in [-0.1, -0.05) is 12.1 Å². The van der Waals surface area contributed by atoms with Crippen molar-refractivity contribution in [3.63, 3.8) is 0 Å². The molecular formula is C20H19N3O3. The zero-order valence-corrected chi connectivity index (χ0v) is 14.2. The van der Waals surface area contributed by atoms with Gasteiger partial charge in [-0.25, -0.2) is 4.79 Å². The van der Waals surface area contributed by atoms with E-state index in [1.165, 1.54) is 0 Å². The normalized spacial score (nSPS) is 17.0. The number of hydrogen-bond acceptors (Lipinski definition) is 4. The quantitative estimate of drug-likeness (QED) is 0.865. The summed E-state index contributed by atoms with van der Waals surface area (Å²) in [6.45, 7) is 1.08. The van der Waals surface area contributed by atoms with Crippen molar-refractivity contribution >= 4 is 17.6 Å². The van der Waals surface area contributed by atoms with Gasteiger partial charge < -0.3 is 15.3 Å². The molecule has 3 rings (SSSR count). The van der Waals surface area contributed by atoms with Crippen LogP contribution in [-0.4, -0.2) is 29.6 Å². The summed E-state index contributed by atoms with van der Waals surface area (Å²) >= 11 is 0. The lowest BCUT2D eigenvalue weighted by Gasteiger charge is -2.33. The third-order valence-corrected chi connectivity index (χ3v) is 4.47. The number of carbonyl (C=O) groups excluding carboxylic acids is 1. The topological polar surface area (TPSA) is 93.4 Å². The molecule has 1 aliphatic rings. The van der Waals surface area contributed by atoms with Crippen LogP contribution >= 0.6 is 0 Å². The van der Waals surface area contributed by atoms with Crippen LogP contribution in [0.4, 0.5) is 5.69 Å². The van der Waals surface area contributed by atoms with Crippen LogP contribution in [0.5, 0.6) is 0 Å². The second kappa shape index (κ2) is 7.81. The van der Waals surface area contributed by atoms with E-state index < -0.39 is 5.97 Å². The molecule has 1 amide bonds. The van der Waals surface area contributed by atoms with E-state index in [0.717, 1.165) is 24.1 Å². The van der Waals surface area contributed by atoms with Gasteiger partial charge in [0.25, 0.3) is 0 Å². The van der Waals surface area contributed by atoms with E-state index in [0.29, 0.717) is 18.7 Å². The summed E-state index contributed by atoms with van der Waals surface area (Å²) in [5.74, 6) is -0.970. The second-order valence-corrected chi connectivity index (χ2v) is 6.23. The SMILES string of the molecule is N#Cc1ccc(N2CCCC(NCc3cccc(C(=O)O)c3)C2=O)cc1. The van der Waals surface area contributed by atoms with Gasteiger partial charge >= 0.3 is 5.97 Å². The molecular weight excluding hydrogens is 330 g/mol. The van der Waals surface area contributed by atoms with E-state index in [9.17, 15) is 9.59 Å². The Hall–Kier alpha value is -3.17. The maximum atomic E-state index is 12.8. The summed E-state index contributed by atoms with van der Waals surface area (Å²) in [5, 5.41) is 21.2. The number of carboxylic acids is 1. The summed E-state index contributed by atoms with van der Waals surface area (Å²) in [6.07, 6.45) is 1.61. The first-order valence-corrected chi connectivity index (χ1v) is 8.45. The largest absolute Gasteiger partial charge is 0.478 e. The molecule has 132 valence electrons. The lowest BCUT2D eigenvalue weighted by Crippen LogP contribution is -2.50. The van der Waals surface area contributed by atoms with Gasteiger partial charge in [0.2, 0.25) is 5.91 Å². The van der Waals surface area contributed by atoms with Crippen LogP contribution in [0.15, 0.2) is 48.5 Å². The van der Waals surface area contributed by atoms with E-state index in [4.69, 9.17) is 10.4 Å². The Balaban J connectivity index is 1.67. The predicted molar refractivity (Wildman–Crippen MR) is 96.8 cm³/mol. The Labute approximate surface area is 151 Å². The molecule has 1 fully saturated rings. The summed E-state index contributed by atoms with van der Waals surface area (Å²) < 4.78 is 0. The molecule has 0 aliphatic carbocycles. The molecule has 1 heterocycles. The minimum absolute atomic E-state index is 0.00431. The average molecular weight is 349 g/mol. The van der Waals surface area contributed by atoms with E-state index in [-0.39, 0.29) is 17.5 Å². The van der Waals surface area contributed by atoms with Crippen LogP contribution in [0.2, 0.25) is 0 Å². The van der Waals surface area contributed by atoms with Gasteiger partial charge in [-0.05, 0) is 54.8 Å². The Morgan fingerprint density at radius 1 is 1.27 bits per heavy atom. The van der Waals surface area contributed by atoms with Crippen molar-refractivity contribution in [2.75, 3.05) is 11.4 Å². The fourth-order valence-corrected chi connectivity index (χ4v) is 3.09. The molecule has 6 nitrogen and oxygen atoms in total. The molecule has 1 aliphatic heterocycles. The number of rotatable bonds is 5. The summed E-state index contributed by atoms with van der Waals surface area (Å²) in [5.41, 5.74) is 2.41. The third-order valence-electron chi connectivity index (χ3n) is 4.47. The van der Waals surface area contributed by atoms with E-state index >= 15 is 0 Å². The second-order valence-electron chi connectivity index (χ2n) is 6.23. The van der Waals surface area contributed by atoms with Gasteiger partial charge in [-0.2, -0.15) is 5.26 Å². The molecule has 1 atom stereocenters. The number of aromatic carboxylic acids is 1. The van der Waals surface area contributed by atoms with Crippen LogP contribution in [0.1, 0.15) is 34.3 Å². The lowest BCUT2D eigenvalue weighted by atomic mass is 10.0. The Morgan fingerprint density at radius 3 is 2.73 bits per heavy atom. The average Bonchev–Trinajstić information content (AvgIpc) is 2.67. The van der Waals surface area contributed by atoms with Gasteiger partial charge in [0.05, 0.1) is 23.2 Å². The van der Waals surface area contributed by atoms with Gasteiger partial charge in [-0.15, -0.1) is 0 Å². The number of amides is 1. The standard InChI is InChI=1S/C20H19N3O3/c21-12-14-6-8-17(9-7-14)23-10-2-5-18(19(23)24)22-13-15-3-1-4-16(11-15)20(25)26/h1,3-4,6-9,11,18,22H,2,5,10,13H2,(H,25,26). The van der Waals surface area contributed by atoms with Crippen molar-refractivity contribution in [2.24, 2.45) is 0 Å². The fourth-order valence-electron chi connectivity index (χ4n) is 3.09. The number of hydrogen-bond donors (Lipinski definition) is 2. The number of carboxylic acid groups (broad SMARTS) is 1. The van der Waals surface area contributed by atoms with Crippen LogP contribution in [-0.2, 0) is 11.3 Å². The summed E-state index contributed by atoms with van der Waals surface area (Å²) in [7, 11) is 0. The molecule has 2 N–H and O–H groups in total. The molecule has 1 saturated heterocycles. The fraction of sp³-hybridized carbons (Fsp3) is 0.250. The van der Waals surface area contributed by atoms with Gasteiger partial charge in [-0.3, -0.25) is 4.79 Å². The molecule has 26 heavy (non-hydrogen) atoms. The lowest BCUT2D eigenvalue weighted by molar-refractivity contribution is -0.121. The third kappa shape index (κ3) is 3.90. The van der Waals surface area contributed by atoms with Crippen molar-refractivity contribution in [1.29, 1.82) is 5.26 Å². The van der Waals surface area contributed by atoms with Gasteiger partial charge in [0.1, 0.15) is 0 Å². The first-order valence-electron chi connectivity index (χ1n) is 8.45. The zero-order chi connectivity index (χ0) is 18.5. The van der Waals surface area contributed by atoms with Crippen molar-refractivity contribution < 1.29 is 14.7 Å². The number of nitriles is 1. The van der Waals surface area contributed by atoms with Crippen LogP contribution in [0.3, 0.4) is 0 Å². The number of carbonyl (C=O) groups is 2.